The van der Waals surface area contributed by atoms with Crippen LogP contribution in [0.4, 0.5) is 11.8 Å². The molecule has 0 bridgehead atoms. The Balaban J connectivity index is 2.39. The molecule has 1 heterocycles. The van der Waals surface area contributed by atoms with Gasteiger partial charge in [0.15, 0.2) is 11.5 Å². The Bertz CT molecular complexity index is 419. The molecule has 0 unspecified atom stereocenters. The van der Waals surface area contributed by atoms with Gasteiger partial charge in [-0.25, -0.2) is 9.78 Å². The number of nitrogens with two attached hydrogens (primary N) is 1. The van der Waals surface area contributed by atoms with Crippen molar-refractivity contribution >= 4 is 29.3 Å². The first kappa shape index (κ1) is 9.97. The SMILES string of the molecule is Nc1nc(NC2CC2)c(Cl)c(C(=O)O)n1. The third-order valence-electron chi connectivity index (χ3n) is 1.99. The van der Waals surface area contributed by atoms with E-state index >= 15 is 0 Å². The third-order valence-corrected chi connectivity index (χ3v) is 2.35. The van der Waals surface area contributed by atoms with Crippen molar-refractivity contribution < 1.29 is 9.90 Å². The van der Waals surface area contributed by atoms with Crippen LogP contribution in [0.25, 0.3) is 0 Å². The number of anilines is 2. The van der Waals surface area contributed by atoms with Gasteiger partial charge in [-0.3, -0.25) is 0 Å². The number of carboxylic acids is 1. The van der Waals surface area contributed by atoms with Crippen molar-refractivity contribution in [2.75, 3.05) is 11.1 Å². The highest BCUT2D eigenvalue weighted by Gasteiger charge is 2.25. The van der Waals surface area contributed by atoms with E-state index in [4.69, 9.17) is 22.4 Å². The average molecular weight is 229 g/mol. The number of rotatable bonds is 3. The second-order valence-corrected chi connectivity index (χ2v) is 3.69. The van der Waals surface area contributed by atoms with E-state index in [-0.39, 0.29) is 16.7 Å². The number of nitrogen functional groups attached to an aromatic ring is 1. The van der Waals surface area contributed by atoms with Crippen molar-refractivity contribution in [3.05, 3.63) is 10.7 Å². The van der Waals surface area contributed by atoms with E-state index in [1.807, 2.05) is 0 Å². The minimum absolute atomic E-state index is 0.00333. The standard InChI is InChI=1S/C8H9ClN4O2/c9-4-5(7(14)15)12-8(10)13-6(4)11-3-1-2-3/h3H,1-2H2,(H,14,15)(H3,10,11,12,13). The molecule has 6 nitrogen and oxygen atoms in total. The van der Waals surface area contributed by atoms with E-state index in [1.54, 1.807) is 0 Å². The highest BCUT2D eigenvalue weighted by Crippen LogP contribution is 2.29. The van der Waals surface area contributed by atoms with Crippen molar-refractivity contribution in [3.63, 3.8) is 0 Å². The summed E-state index contributed by atoms with van der Waals surface area (Å²) in [6.45, 7) is 0. The summed E-state index contributed by atoms with van der Waals surface area (Å²) in [6.07, 6.45) is 2.06. The molecule has 0 aromatic carbocycles. The van der Waals surface area contributed by atoms with E-state index < -0.39 is 5.97 Å². The molecule has 0 amide bonds. The van der Waals surface area contributed by atoms with E-state index in [0.29, 0.717) is 11.9 Å². The van der Waals surface area contributed by atoms with Crippen LogP contribution in [0, 0.1) is 0 Å². The topological polar surface area (TPSA) is 101 Å². The third kappa shape index (κ3) is 2.10. The molecule has 0 saturated heterocycles. The monoisotopic (exact) mass is 228 g/mol. The molecular formula is C8H9ClN4O2. The molecule has 15 heavy (non-hydrogen) atoms. The largest absolute Gasteiger partial charge is 0.476 e. The number of halogens is 1. The first-order valence-electron chi connectivity index (χ1n) is 4.40. The summed E-state index contributed by atoms with van der Waals surface area (Å²) in [5.74, 6) is -1.02. The number of aromatic carboxylic acids is 1. The quantitative estimate of drug-likeness (QED) is 0.713. The van der Waals surface area contributed by atoms with Gasteiger partial charge in [0, 0.05) is 6.04 Å². The molecule has 0 spiro atoms. The summed E-state index contributed by atoms with van der Waals surface area (Å²) in [5.41, 5.74) is 5.11. The van der Waals surface area contributed by atoms with Gasteiger partial charge in [-0.15, -0.1) is 0 Å². The number of nitrogens with one attached hydrogen (secondary N) is 1. The number of hydrogen-bond acceptors (Lipinski definition) is 5. The Hall–Kier alpha value is -1.56. The van der Waals surface area contributed by atoms with Crippen LogP contribution in [0.15, 0.2) is 0 Å². The summed E-state index contributed by atoms with van der Waals surface area (Å²) in [5, 5.41) is 11.8. The smallest absolute Gasteiger partial charge is 0.356 e. The molecule has 0 radical (unpaired) electrons. The lowest BCUT2D eigenvalue weighted by Gasteiger charge is -2.08. The summed E-state index contributed by atoms with van der Waals surface area (Å²) in [7, 11) is 0. The maximum Gasteiger partial charge on any atom is 0.356 e. The van der Waals surface area contributed by atoms with E-state index in [9.17, 15) is 4.79 Å². The highest BCUT2D eigenvalue weighted by atomic mass is 35.5. The lowest BCUT2D eigenvalue weighted by atomic mass is 10.4. The molecule has 0 atom stereocenters. The normalized spacial score (nSPS) is 15.0. The van der Waals surface area contributed by atoms with Gasteiger partial charge < -0.3 is 16.2 Å². The van der Waals surface area contributed by atoms with Crippen LogP contribution in [0.5, 0.6) is 0 Å². The fourth-order valence-electron chi connectivity index (χ4n) is 1.12. The second kappa shape index (κ2) is 3.54. The summed E-state index contributed by atoms with van der Waals surface area (Å²) in [4.78, 5) is 18.2. The zero-order valence-corrected chi connectivity index (χ0v) is 8.45. The van der Waals surface area contributed by atoms with Crippen LogP contribution >= 0.6 is 11.6 Å². The molecule has 1 aromatic heterocycles. The first-order valence-corrected chi connectivity index (χ1v) is 4.78. The Morgan fingerprint density at radius 3 is 2.73 bits per heavy atom. The predicted octanol–water partition coefficient (Wildman–Crippen LogP) is 0.985. The number of carboxylic acid groups (broad SMARTS) is 1. The van der Waals surface area contributed by atoms with Gasteiger partial charge in [0.2, 0.25) is 5.95 Å². The predicted molar refractivity (Wildman–Crippen MR) is 55.1 cm³/mol. The highest BCUT2D eigenvalue weighted by molar-refractivity contribution is 6.35. The van der Waals surface area contributed by atoms with Gasteiger partial charge in [0.05, 0.1) is 0 Å². The minimum atomic E-state index is -1.21. The Morgan fingerprint density at radius 1 is 1.53 bits per heavy atom. The van der Waals surface area contributed by atoms with Crippen molar-refractivity contribution in [2.24, 2.45) is 0 Å². The molecular weight excluding hydrogens is 220 g/mol. The fourth-order valence-corrected chi connectivity index (χ4v) is 1.34. The summed E-state index contributed by atoms with van der Waals surface area (Å²) >= 11 is 5.82. The average Bonchev–Trinajstić information content (AvgIpc) is 2.94. The fraction of sp³-hybridized carbons (Fsp3) is 0.375. The van der Waals surface area contributed by atoms with Crippen LogP contribution in [0.2, 0.25) is 5.02 Å². The number of hydrogen-bond donors (Lipinski definition) is 3. The van der Waals surface area contributed by atoms with Crippen molar-refractivity contribution in [2.45, 2.75) is 18.9 Å². The molecule has 2 rings (SSSR count). The lowest BCUT2D eigenvalue weighted by molar-refractivity contribution is 0.0690. The van der Waals surface area contributed by atoms with Crippen LogP contribution < -0.4 is 11.1 Å². The van der Waals surface area contributed by atoms with Crippen molar-refractivity contribution in [1.29, 1.82) is 0 Å². The molecule has 7 heteroatoms. The van der Waals surface area contributed by atoms with Gasteiger partial charge in [-0.1, -0.05) is 11.6 Å². The molecule has 1 saturated carbocycles. The van der Waals surface area contributed by atoms with Gasteiger partial charge in [0.1, 0.15) is 5.02 Å². The molecule has 0 aliphatic heterocycles. The van der Waals surface area contributed by atoms with E-state index in [1.165, 1.54) is 0 Å². The lowest BCUT2D eigenvalue weighted by Crippen LogP contribution is -2.11. The number of carbonyl (C=O) groups is 1. The summed E-state index contributed by atoms with van der Waals surface area (Å²) in [6, 6.07) is 0.318. The van der Waals surface area contributed by atoms with Crippen molar-refractivity contribution in [1.82, 2.24) is 9.97 Å². The molecule has 1 fully saturated rings. The molecule has 4 N–H and O–H groups in total. The summed E-state index contributed by atoms with van der Waals surface area (Å²) < 4.78 is 0. The molecule has 80 valence electrons. The number of aromatic nitrogens is 2. The second-order valence-electron chi connectivity index (χ2n) is 3.32. The van der Waals surface area contributed by atoms with Crippen LogP contribution in [-0.2, 0) is 0 Å². The Kier molecular flexibility index (Phi) is 2.36. The zero-order valence-electron chi connectivity index (χ0n) is 7.70. The van der Waals surface area contributed by atoms with Crippen LogP contribution in [-0.4, -0.2) is 27.1 Å². The van der Waals surface area contributed by atoms with E-state index in [2.05, 4.69) is 15.3 Å². The Morgan fingerprint density at radius 2 is 2.20 bits per heavy atom. The van der Waals surface area contributed by atoms with Gasteiger partial charge in [0.25, 0.3) is 0 Å². The van der Waals surface area contributed by atoms with E-state index in [0.717, 1.165) is 12.8 Å². The van der Waals surface area contributed by atoms with Crippen LogP contribution in [0.1, 0.15) is 23.3 Å². The van der Waals surface area contributed by atoms with Crippen molar-refractivity contribution in [3.8, 4) is 0 Å². The van der Waals surface area contributed by atoms with Crippen LogP contribution in [0.3, 0.4) is 0 Å². The molecule has 1 aliphatic rings. The van der Waals surface area contributed by atoms with Gasteiger partial charge in [-0.2, -0.15) is 4.98 Å². The van der Waals surface area contributed by atoms with Gasteiger partial charge in [-0.05, 0) is 12.8 Å². The zero-order chi connectivity index (χ0) is 11.0. The molecule has 1 aromatic rings. The Labute approximate surface area is 90.5 Å². The maximum atomic E-state index is 10.8. The number of nitrogens with zero attached hydrogens (tertiary/aromatic N) is 2. The first-order chi connectivity index (χ1) is 7.08. The maximum absolute atomic E-state index is 10.8. The molecule has 1 aliphatic carbocycles. The minimum Gasteiger partial charge on any atom is -0.476 e. The van der Waals surface area contributed by atoms with Gasteiger partial charge >= 0.3 is 5.97 Å².